The van der Waals surface area contributed by atoms with Crippen LogP contribution < -0.4 is 5.32 Å². The Kier molecular flexibility index (Phi) is 3.30. The van der Waals surface area contributed by atoms with E-state index in [4.69, 9.17) is 0 Å². The highest BCUT2D eigenvalue weighted by Gasteiger charge is 2.43. The van der Waals surface area contributed by atoms with E-state index in [2.05, 4.69) is 27.2 Å². The van der Waals surface area contributed by atoms with E-state index in [0.29, 0.717) is 12.5 Å². The fourth-order valence-electron chi connectivity index (χ4n) is 3.91. The summed E-state index contributed by atoms with van der Waals surface area (Å²) in [5, 5.41) is 11.6. The summed E-state index contributed by atoms with van der Waals surface area (Å²) in [5.74, 6) is 2.63. The Morgan fingerprint density at radius 1 is 1.38 bits per heavy atom. The van der Waals surface area contributed by atoms with Crippen LogP contribution >= 0.6 is 11.3 Å². The highest BCUT2D eigenvalue weighted by molar-refractivity contribution is 7.07. The molecule has 0 radical (unpaired) electrons. The van der Waals surface area contributed by atoms with Crippen LogP contribution in [0.2, 0.25) is 0 Å². The maximum atomic E-state index is 12.5. The van der Waals surface area contributed by atoms with Crippen molar-refractivity contribution in [3.63, 3.8) is 0 Å². The van der Waals surface area contributed by atoms with Crippen molar-refractivity contribution in [2.45, 2.75) is 32.2 Å². The minimum Gasteiger partial charge on any atom is -0.311 e. The van der Waals surface area contributed by atoms with Crippen molar-refractivity contribution in [3.8, 4) is 0 Å². The smallest absolute Gasteiger partial charge is 0.228 e. The van der Waals surface area contributed by atoms with Crippen LogP contribution in [0.3, 0.4) is 0 Å². The van der Waals surface area contributed by atoms with Gasteiger partial charge in [-0.05, 0) is 53.5 Å². The standard InChI is InChI=1S/C16H19N3OS/c20-16(14-8-11-1-2-13(14)7-11)18-15-3-5-17-19(15)9-12-4-6-21-10-12/h3-6,10-11,13-14H,1-2,7-9H2,(H,18,20)/t11-,13-,14-/m0/s1. The highest BCUT2D eigenvalue weighted by atomic mass is 32.1. The second-order valence-corrected chi connectivity index (χ2v) is 7.06. The molecule has 2 aliphatic rings. The predicted octanol–water partition coefficient (Wildman–Crippen LogP) is 3.37. The molecule has 1 N–H and O–H groups in total. The van der Waals surface area contributed by atoms with Crippen LogP contribution in [0.25, 0.3) is 0 Å². The van der Waals surface area contributed by atoms with Gasteiger partial charge in [0.1, 0.15) is 5.82 Å². The lowest BCUT2D eigenvalue weighted by Crippen LogP contribution is -2.28. The molecule has 2 aromatic heterocycles. The molecule has 1 amide bonds. The largest absolute Gasteiger partial charge is 0.311 e. The summed E-state index contributed by atoms with van der Waals surface area (Å²) in [5.41, 5.74) is 1.22. The summed E-state index contributed by atoms with van der Waals surface area (Å²) >= 11 is 1.68. The van der Waals surface area contributed by atoms with E-state index >= 15 is 0 Å². The summed E-state index contributed by atoms with van der Waals surface area (Å²) < 4.78 is 1.87. The molecule has 2 aliphatic carbocycles. The number of nitrogens with one attached hydrogen (secondary N) is 1. The average molecular weight is 301 g/mol. The van der Waals surface area contributed by atoms with Gasteiger partial charge in [-0.15, -0.1) is 0 Å². The maximum absolute atomic E-state index is 12.5. The summed E-state index contributed by atoms with van der Waals surface area (Å²) in [6, 6.07) is 3.98. The molecule has 0 spiro atoms. The molecule has 0 unspecified atom stereocenters. The number of thiophene rings is 1. The van der Waals surface area contributed by atoms with Crippen LogP contribution in [-0.2, 0) is 11.3 Å². The lowest BCUT2D eigenvalue weighted by atomic mass is 9.88. The average Bonchev–Trinajstić information content (AvgIpc) is 3.23. The number of rotatable bonds is 4. The molecule has 2 aromatic rings. The third kappa shape index (κ3) is 2.50. The molecule has 0 aliphatic heterocycles. The van der Waals surface area contributed by atoms with Gasteiger partial charge in [-0.1, -0.05) is 6.42 Å². The summed E-state index contributed by atoms with van der Waals surface area (Å²) in [6.07, 6.45) is 6.64. The molecule has 2 saturated carbocycles. The van der Waals surface area contributed by atoms with E-state index in [1.165, 1.54) is 24.8 Å². The fourth-order valence-corrected chi connectivity index (χ4v) is 4.56. The number of carbonyl (C=O) groups excluding carboxylic acids is 1. The van der Waals surface area contributed by atoms with E-state index < -0.39 is 0 Å². The third-order valence-corrected chi connectivity index (χ3v) is 5.69. The predicted molar refractivity (Wildman–Crippen MR) is 83.2 cm³/mol. The van der Waals surface area contributed by atoms with Gasteiger partial charge >= 0.3 is 0 Å². The molecule has 0 aromatic carbocycles. The number of nitrogens with zero attached hydrogens (tertiary/aromatic N) is 2. The minimum absolute atomic E-state index is 0.189. The van der Waals surface area contributed by atoms with E-state index in [1.54, 1.807) is 17.5 Å². The Labute approximate surface area is 128 Å². The molecule has 0 saturated heterocycles. The topological polar surface area (TPSA) is 46.9 Å². The number of fused-ring (bicyclic) bond motifs is 2. The van der Waals surface area contributed by atoms with Crippen molar-refractivity contribution in [2.24, 2.45) is 17.8 Å². The minimum atomic E-state index is 0.189. The normalized spacial score (nSPS) is 27.1. The fraction of sp³-hybridized carbons (Fsp3) is 0.500. The molecule has 21 heavy (non-hydrogen) atoms. The first-order valence-electron chi connectivity index (χ1n) is 7.63. The van der Waals surface area contributed by atoms with Gasteiger partial charge in [0.15, 0.2) is 0 Å². The molecule has 5 heteroatoms. The first-order valence-corrected chi connectivity index (χ1v) is 8.57. The molecule has 2 heterocycles. The van der Waals surface area contributed by atoms with E-state index in [0.717, 1.165) is 18.2 Å². The van der Waals surface area contributed by atoms with Gasteiger partial charge in [-0.3, -0.25) is 4.79 Å². The molecular formula is C16H19N3OS. The maximum Gasteiger partial charge on any atom is 0.228 e. The summed E-state index contributed by atoms with van der Waals surface area (Å²) in [7, 11) is 0. The van der Waals surface area contributed by atoms with Crippen LogP contribution in [0.15, 0.2) is 29.1 Å². The summed E-state index contributed by atoms with van der Waals surface area (Å²) in [4.78, 5) is 12.5. The number of amides is 1. The lowest BCUT2D eigenvalue weighted by molar-refractivity contribution is -0.121. The molecule has 3 atom stereocenters. The van der Waals surface area contributed by atoms with Gasteiger partial charge < -0.3 is 5.32 Å². The van der Waals surface area contributed by atoms with Crippen molar-refractivity contribution in [3.05, 3.63) is 34.7 Å². The Hall–Kier alpha value is -1.62. The molecule has 4 nitrogen and oxygen atoms in total. The third-order valence-electron chi connectivity index (χ3n) is 4.96. The zero-order valence-corrected chi connectivity index (χ0v) is 12.7. The van der Waals surface area contributed by atoms with Crippen LogP contribution in [0, 0.1) is 17.8 Å². The molecule has 2 fully saturated rings. The second kappa shape index (κ2) is 5.30. The summed E-state index contributed by atoms with van der Waals surface area (Å²) in [6.45, 7) is 0.711. The first kappa shape index (κ1) is 13.1. The Balaban J connectivity index is 1.45. The van der Waals surface area contributed by atoms with E-state index in [1.807, 2.05) is 10.7 Å². The molecule has 4 rings (SSSR count). The van der Waals surface area contributed by atoms with Crippen LogP contribution in [0.4, 0.5) is 5.82 Å². The first-order chi connectivity index (χ1) is 10.3. The van der Waals surface area contributed by atoms with Gasteiger partial charge in [-0.25, -0.2) is 4.68 Å². The van der Waals surface area contributed by atoms with Crippen molar-refractivity contribution >= 4 is 23.1 Å². The van der Waals surface area contributed by atoms with Gasteiger partial charge in [0.2, 0.25) is 5.91 Å². The zero-order valence-electron chi connectivity index (χ0n) is 11.9. The van der Waals surface area contributed by atoms with Crippen molar-refractivity contribution in [2.75, 3.05) is 5.32 Å². The van der Waals surface area contributed by atoms with Gasteiger partial charge in [0.05, 0.1) is 12.7 Å². The SMILES string of the molecule is O=C(Nc1ccnn1Cc1ccsc1)[C@H]1C[C@H]2CC[C@H]1C2. The number of carbonyl (C=O) groups is 1. The Bertz CT molecular complexity index is 634. The van der Waals surface area contributed by atoms with Gasteiger partial charge in [-0.2, -0.15) is 16.4 Å². The molecular weight excluding hydrogens is 282 g/mol. The quantitative estimate of drug-likeness (QED) is 0.941. The molecule has 2 bridgehead atoms. The Morgan fingerprint density at radius 3 is 3.05 bits per heavy atom. The van der Waals surface area contributed by atoms with Gasteiger partial charge in [0.25, 0.3) is 0 Å². The van der Waals surface area contributed by atoms with E-state index in [-0.39, 0.29) is 11.8 Å². The number of hydrogen-bond donors (Lipinski definition) is 1. The van der Waals surface area contributed by atoms with Crippen molar-refractivity contribution in [1.29, 1.82) is 0 Å². The van der Waals surface area contributed by atoms with E-state index in [9.17, 15) is 4.79 Å². The number of aromatic nitrogens is 2. The molecule has 110 valence electrons. The zero-order chi connectivity index (χ0) is 14.2. The monoisotopic (exact) mass is 301 g/mol. The van der Waals surface area contributed by atoms with Crippen LogP contribution in [0.5, 0.6) is 0 Å². The van der Waals surface area contributed by atoms with Crippen LogP contribution in [0.1, 0.15) is 31.2 Å². The Morgan fingerprint density at radius 2 is 2.33 bits per heavy atom. The van der Waals surface area contributed by atoms with Gasteiger partial charge in [0, 0.05) is 12.0 Å². The number of anilines is 1. The van der Waals surface area contributed by atoms with Crippen LogP contribution in [-0.4, -0.2) is 15.7 Å². The highest BCUT2D eigenvalue weighted by Crippen LogP contribution is 2.48. The second-order valence-electron chi connectivity index (χ2n) is 6.28. The number of hydrogen-bond acceptors (Lipinski definition) is 3. The van der Waals surface area contributed by atoms with Crippen molar-refractivity contribution < 1.29 is 4.79 Å². The lowest BCUT2D eigenvalue weighted by Gasteiger charge is -2.21. The van der Waals surface area contributed by atoms with Crippen molar-refractivity contribution in [1.82, 2.24) is 9.78 Å².